The van der Waals surface area contributed by atoms with E-state index >= 15 is 0 Å². The standard InChI is InChI=1S/C18H28N2O3S/c1-13-5-9-15(10-6-13)19-17(21)14-7-11-16(12-8-14)24(22,23)20-18(2,3)4/h7-8,11-13,15,20H,5-6,9-10H2,1-4H3,(H,19,21). The zero-order valence-electron chi connectivity index (χ0n) is 14.9. The summed E-state index contributed by atoms with van der Waals surface area (Å²) >= 11 is 0. The van der Waals surface area contributed by atoms with Crippen molar-refractivity contribution in [1.29, 1.82) is 0 Å². The van der Waals surface area contributed by atoms with E-state index in [-0.39, 0.29) is 16.8 Å². The molecule has 0 radical (unpaired) electrons. The van der Waals surface area contributed by atoms with E-state index in [9.17, 15) is 13.2 Å². The first-order chi connectivity index (χ1) is 11.1. The molecule has 1 fully saturated rings. The lowest BCUT2D eigenvalue weighted by atomic mass is 9.87. The number of hydrogen-bond donors (Lipinski definition) is 2. The molecule has 2 N–H and O–H groups in total. The Kier molecular flexibility index (Phi) is 5.71. The molecule has 1 aliphatic carbocycles. The Morgan fingerprint density at radius 1 is 1.04 bits per heavy atom. The molecule has 1 aromatic rings. The molecule has 24 heavy (non-hydrogen) atoms. The van der Waals surface area contributed by atoms with Crippen molar-refractivity contribution in [2.75, 3.05) is 0 Å². The van der Waals surface area contributed by atoms with Crippen LogP contribution in [0.3, 0.4) is 0 Å². The van der Waals surface area contributed by atoms with Crippen LogP contribution in [0.15, 0.2) is 29.2 Å². The van der Waals surface area contributed by atoms with Crippen molar-refractivity contribution in [2.24, 2.45) is 5.92 Å². The van der Waals surface area contributed by atoms with Crippen molar-refractivity contribution < 1.29 is 13.2 Å². The van der Waals surface area contributed by atoms with E-state index < -0.39 is 15.6 Å². The zero-order chi connectivity index (χ0) is 18.0. The van der Waals surface area contributed by atoms with E-state index in [2.05, 4.69) is 17.0 Å². The summed E-state index contributed by atoms with van der Waals surface area (Å²) in [7, 11) is -3.58. The van der Waals surface area contributed by atoms with Crippen molar-refractivity contribution in [1.82, 2.24) is 10.0 Å². The van der Waals surface area contributed by atoms with Crippen molar-refractivity contribution in [3.05, 3.63) is 29.8 Å². The molecule has 1 amide bonds. The molecule has 1 aliphatic rings. The molecule has 6 heteroatoms. The van der Waals surface area contributed by atoms with Gasteiger partial charge < -0.3 is 5.32 Å². The van der Waals surface area contributed by atoms with Crippen molar-refractivity contribution in [3.8, 4) is 0 Å². The predicted molar refractivity (Wildman–Crippen MR) is 95.4 cm³/mol. The molecule has 0 saturated heterocycles. The van der Waals surface area contributed by atoms with Gasteiger partial charge >= 0.3 is 0 Å². The normalized spacial score (nSPS) is 22.2. The third-order valence-corrected chi connectivity index (χ3v) is 5.99. The summed E-state index contributed by atoms with van der Waals surface area (Å²) in [4.78, 5) is 12.5. The molecule has 0 bridgehead atoms. The summed E-state index contributed by atoms with van der Waals surface area (Å²) in [6.45, 7) is 7.61. The van der Waals surface area contributed by atoms with E-state index in [0.717, 1.165) is 31.6 Å². The maximum Gasteiger partial charge on any atom is 0.251 e. The van der Waals surface area contributed by atoms with Crippen LogP contribution in [-0.4, -0.2) is 25.9 Å². The van der Waals surface area contributed by atoms with Gasteiger partial charge in [-0.3, -0.25) is 4.79 Å². The molecular weight excluding hydrogens is 324 g/mol. The third-order valence-electron chi connectivity index (χ3n) is 4.22. The lowest BCUT2D eigenvalue weighted by Crippen LogP contribution is -2.40. The highest BCUT2D eigenvalue weighted by Crippen LogP contribution is 2.23. The Bertz CT molecular complexity index is 667. The van der Waals surface area contributed by atoms with E-state index in [4.69, 9.17) is 0 Å². The fraction of sp³-hybridized carbons (Fsp3) is 0.611. The van der Waals surface area contributed by atoms with Crippen LogP contribution < -0.4 is 10.0 Å². The number of sulfonamides is 1. The Morgan fingerprint density at radius 3 is 2.08 bits per heavy atom. The van der Waals surface area contributed by atoms with Crippen molar-refractivity contribution >= 4 is 15.9 Å². The Morgan fingerprint density at radius 2 is 1.58 bits per heavy atom. The van der Waals surface area contributed by atoms with Gasteiger partial charge in [-0.15, -0.1) is 0 Å². The Hall–Kier alpha value is -1.40. The van der Waals surface area contributed by atoms with Crippen molar-refractivity contribution in [3.63, 3.8) is 0 Å². The van der Waals surface area contributed by atoms with Gasteiger partial charge in [-0.1, -0.05) is 6.92 Å². The number of carbonyl (C=O) groups excluding carboxylic acids is 1. The van der Waals surface area contributed by atoms with Crippen molar-refractivity contribution in [2.45, 2.75) is 69.9 Å². The second kappa shape index (κ2) is 7.23. The summed E-state index contributed by atoms with van der Waals surface area (Å²) in [6, 6.07) is 6.31. The number of hydrogen-bond acceptors (Lipinski definition) is 3. The lowest BCUT2D eigenvalue weighted by Gasteiger charge is -2.27. The first-order valence-electron chi connectivity index (χ1n) is 8.52. The second-order valence-electron chi connectivity index (χ2n) is 7.81. The quantitative estimate of drug-likeness (QED) is 0.874. The molecule has 0 heterocycles. The van der Waals surface area contributed by atoms with Gasteiger partial charge in [0.05, 0.1) is 4.90 Å². The molecule has 0 atom stereocenters. The Balaban J connectivity index is 2.02. The molecule has 0 unspecified atom stereocenters. The first kappa shape index (κ1) is 18.9. The van der Waals surface area contributed by atoms with Gasteiger partial charge in [-0.2, -0.15) is 0 Å². The van der Waals surface area contributed by atoms with Crippen LogP contribution >= 0.6 is 0 Å². The highest BCUT2D eigenvalue weighted by Gasteiger charge is 2.23. The number of nitrogens with one attached hydrogen (secondary N) is 2. The van der Waals surface area contributed by atoms with Gasteiger partial charge in [0, 0.05) is 17.1 Å². The van der Waals surface area contributed by atoms with Crippen LogP contribution in [0.4, 0.5) is 0 Å². The van der Waals surface area contributed by atoms with Gasteiger partial charge in [0.15, 0.2) is 0 Å². The minimum Gasteiger partial charge on any atom is -0.349 e. The summed E-state index contributed by atoms with van der Waals surface area (Å²) in [6.07, 6.45) is 4.30. The van der Waals surface area contributed by atoms with Gasteiger partial charge in [-0.05, 0) is 76.6 Å². The van der Waals surface area contributed by atoms with Gasteiger partial charge in [0.25, 0.3) is 5.91 Å². The molecule has 134 valence electrons. The van der Waals surface area contributed by atoms with Gasteiger partial charge in [0.1, 0.15) is 0 Å². The predicted octanol–water partition coefficient (Wildman–Crippen LogP) is 3.07. The molecule has 1 saturated carbocycles. The van der Waals surface area contributed by atoms with Crippen LogP contribution in [0.1, 0.15) is 63.7 Å². The smallest absolute Gasteiger partial charge is 0.251 e. The highest BCUT2D eigenvalue weighted by molar-refractivity contribution is 7.89. The average molecular weight is 353 g/mol. The summed E-state index contributed by atoms with van der Waals surface area (Å²) in [5, 5.41) is 3.05. The van der Waals surface area contributed by atoms with Crippen LogP contribution in [0.25, 0.3) is 0 Å². The average Bonchev–Trinajstić information content (AvgIpc) is 2.47. The Labute approximate surface area is 145 Å². The minimum atomic E-state index is -3.58. The molecule has 0 aromatic heterocycles. The maximum absolute atomic E-state index is 12.3. The second-order valence-corrected chi connectivity index (χ2v) is 9.49. The fourth-order valence-electron chi connectivity index (χ4n) is 2.92. The fourth-order valence-corrected chi connectivity index (χ4v) is 4.34. The van der Waals surface area contributed by atoms with E-state index in [1.54, 1.807) is 32.9 Å². The lowest BCUT2D eigenvalue weighted by molar-refractivity contribution is 0.0923. The number of amides is 1. The molecule has 1 aromatic carbocycles. The van der Waals surface area contributed by atoms with E-state index in [0.29, 0.717) is 5.56 Å². The van der Waals surface area contributed by atoms with Crippen LogP contribution in [0.2, 0.25) is 0 Å². The third kappa shape index (κ3) is 5.31. The molecular formula is C18H28N2O3S. The van der Waals surface area contributed by atoms with Crippen LogP contribution in [0.5, 0.6) is 0 Å². The molecule has 0 spiro atoms. The molecule has 2 rings (SSSR count). The molecule has 5 nitrogen and oxygen atoms in total. The first-order valence-corrected chi connectivity index (χ1v) is 10.00. The van der Waals surface area contributed by atoms with E-state index in [1.165, 1.54) is 12.1 Å². The largest absolute Gasteiger partial charge is 0.349 e. The summed E-state index contributed by atoms with van der Waals surface area (Å²) < 4.78 is 27.1. The SMILES string of the molecule is CC1CCC(NC(=O)c2ccc(S(=O)(=O)NC(C)(C)C)cc2)CC1. The number of rotatable bonds is 4. The topological polar surface area (TPSA) is 75.3 Å². The number of benzene rings is 1. The summed E-state index contributed by atoms with van der Waals surface area (Å²) in [5.41, 5.74) is -0.0594. The van der Waals surface area contributed by atoms with Gasteiger partial charge in [-0.25, -0.2) is 13.1 Å². The van der Waals surface area contributed by atoms with E-state index in [1.807, 2.05) is 0 Å². The molecule has 0 aliphatic heterocycles. The van der Waals surface area contributed by atoms with Gasteiger partial charge in [0.2, 0.25) is 10.0 Å². The number of carbonyl (C=O) groups is 1. The monoisotopic (exact) mass is 352 g/mol. The van der Waals surface area contributed by atoms with Crippen LogP contribution in [0, 0.1) is 5.92 Å². The van der Waals surface area contributed by atoms with Crippen LogP contribution in [-0.2, 0) is 10.0 Å². The maximum atomic E-state index is 12.3. The summed E-state index contributed by atoms with van der Waals surface area (Å²) in [5.74, 6) is 0.597. The zero-order valence-corrected chi connectivity index (χ0v) is 15.7. The highest BCUT2D eigenvalue weighted by atomic mass is 32.2. The minimum absolute atomic E-state index is 0.137.